The van der Waals surface area contributed by atoms with E-state index in [0.29, 0.717) is 13.0 Å². The smallest absolute Gasteiger partial charge is 0.421 e. The van der Waals surface area contributed by atoms with Gasteiger partial charge in [0.15, 0.2) is 0 Å². The number of nitrogens with one attached hydrogen (secondary N) is 2. The minimum absolute atomic E-state index is 0.0713. The van der Waals surface area contributed by atoms with Crippen molar-refractivity contribution in [2.45, 2.75) is 13.3 Å². The number of hydrogen-bond acceptors (Lipinski definition) is 5. The van der Waals surface area contributed by atoms with Crippen molar-refractivity contribution < 1.29 is 22.7 Å². The minimum Gasteiger partial charge on any atom is -0.449 e. The number of carbonyl (C=O) groups is 2. The summed E-state index contributed by atoms with van der Waals surface area (Å²) in [6.45, 7) is 1.93. The van der Waals surface area contributed by atoms with Gasteiger partial charge in [0.2, 0.25) is 5.91 Å². The van der Waals surface area contributed by atoms with Crippen LogP contribution in [0.1, 0.15) is 13.3 Å². The second kappa shape index (κ2) is 5.82. The van der Waals surface area contributed by atoms with Gasteiger partial charge in [0, 0.05) is 13.1 Å². The zero-order chi connectivity index (χ0) is 12.9. The molecule has 0 aromatic heterocycles. The zero-order valence-corrected chi connectivity index (χ0v) is 10.2. The second-order valence-electron chi connectivity index (χ2n) is 3.36. The van der Waals surface area contributed by atoms with E-state index in [1.165, 1.54) is 0 Å². The van der Waals surface area contributed by atoms with Crippen LogP contribution in [0.3, 0.4) is 0 Å². The fourth-order valence-electron chi connectivity index (χ4n) is 1.31. The third-order valence-corrected chi connectivity index (χ3v) is 3.47. The highest BCUT2D eigenvalue weighted by Gasteiger charge is 2.28. The quantitative estimate of drug-likeness (QED) is 0.667. The van der Waals surface area contributed by atoms with Crippen LogP contribution in [-0.4, -0.2) is 51.0 Å². The predicted molar refractivity (Wildman–Crippen MR) is 58.3 cm³/mol. The Bertz CT molecular complexity index is 394. The fraction of sp³-hybridized carbons (Fsp3) is 0.750. The van der Waals surface area contributed by atoms with Gasteiger partial charge in [0.05, 0.1) is 13.2 Å². The molecule has 0 aromatic rings. The molecule has 0 saturated carbocycles. The van der Waals surface area contributed by atoms with Gasteiger partial charge in [0.25, 0.3) is 0 Å². The number of ether oxygens (including phenoxy) is 1. The van der Waals surface area contributed by atoms with E-state index in [0.717, 1.165) is 4.31 Å². The van der Waals surface area contributed by atoms with Gasteiger partial charge in [-0.1, -0.05) is 0 Å². The first kappa shape index (κ1) is 13.7. The Labute approximate surface area is 99.5 Å². The van der Waals surface area contributed by atoms with Gasteiger partial charge >= 0.3 is 16.3 Å². The number of rotatable bonds is 3. The van der Waals surface area contributed by atoms with E-state index in [2.05, 4.69) is 10.1 Å². The highest BCUT2D eigenvalue weighted by atomic mass is 32.2. The first-order valence-electron chi connectivity index (χ1n) is 5.17. The van der Waals surface area contributed by atoms with Crippen LogP contribution in [0.15, 0.2) is 0 Å². The Balaban J connectivity index is 2.68. The summed E-state index contributed by atoms with van der Waals surface area (Å²) >= 11 is 0. The topological polar surface area (TPSA) is 105 Å². The van der Waals surface area contributed by atoms with Crippen LogP contribution < -0.4 is 10.0 Å². The van der Waals surface area contributed by atoms with Gasteiger partial charge in [-0.05, 0) is 13.3 Å². The van der Waals surface area contributed by atoms with E-state index in [-0.39, 0.29) is 19.7 Å². The van der Waals surface area contributed by atoms with E-state index in [1.807, 2.05) is 0 Å². The highest BCUT2D eigenvalue weighted by molar-refractivity contribution is 7.87. The van der Waals surface area contributed by atoms with Crippen molar-refractivity contribution in [2.75, 3.05) is 26.2 Å². The summed E-state index contributed by atoms with van der Waals surface area (Å²) in [5, 5.41) is 2.54. The van der Waals surface area contributed by atoms with Crippen molar-refractivity contribution in [3.8, 4) is 0 Å². The van der Waals surface area contributed by atoms with Crippen LogP contribution in [0.2, 0.25) is 0 Å². The molecule has 0 spiro atoms. The normalized spacial score (nSPS) is 18.1. The Morgan fingerprint density at radius 2 is 2.29 bits per heavy atom. The summed E-state index contributed by atoms with van der Waals surface area (Å²) in [6.07, 6.45) is -0.549. The van der Waals surface area contributed by atoms with Crippen LogP contribution in [0, 0.1) is 0 Å². The van der Waals surface area contributed by atoms with Gasteiger partial charge in [-0.3, -0.25) is 4.79 Å². The first-order chi connectivity index (χ1) is 7.95. The van der Waals surface area contributed by atoms with Crippen LogP contribution in [0.5, 0.6) is 0 Å². The molecule has 1 saturated heterocycles. The molecule has 0 bridgehead atoms. The van der Waals surface area contributed by atoms with E-state index in [4.69, 9.17) is 0 Å². The molecule has 2 N–H and O–H groups in total. The van der Waals surface area contributed by atoms with Crippen molar-refractivity contribution in [3.63, 3.8) is 0 Å². The van der Waals surface area contributed by atoms with E-state index >= 15 is 0 Å². The molecule has 0 unspecified atom stereocenters. The maximum absolute atomic E-state index is 11.7. The molecular formula is C8H15N3O5S. The molecule has 0 radical (unpaired) electrons. The Kier molecular flexibility index (Phi) is 4.70. The SMILES string of the molecule is CCOC(=O)NS(=O)(=O)N1CCCNC(=O)C1. The van der Waals surface area contributed by atoms with E-state index < -0.39 is 22.2 Å². The van der Waals surface area contributed by atoms with Gasteiger partial charge in [-0.25, -0.2) is 9.52 Å². The Morgan fingerprint density at radius 1 is 1.59 bits per heavy atom. The highest BCUT2D eigenvalue weighted by Crippen LogP contribution is 2.02. The molecule has 98 valence electrons. The number of hydrogen-bond donors (Lipinski definition) is 2. The average Bonchev–Trinajstić information content (AvgIpc) is 2.42. The number of amides is 2. The first-order valence-corrected chi connectivity index (χ1v) is 6.61. The van der Waals surface area contributed by atoms with Crippen LogP contribution in [-0.2, 0) is 19.7 Å². The molecule has 0 aromatic carbocycles. The molecule has 1 aliphatic rings. The Hall–Kier alpha value is -1.35. The summed E-state index contributed by atoms with van der Waals surface area (Å²) in [5.41, 5.74) is 0. The summed E-state index contributed by atoms with van der Waals surface area (Å²) in [5.74, 6) is -0.392. The van der Waals surface area contributed by atoms with Gasteiger partial charge in [-0.15, -0.1) is 0 Å². The van der Waals surface area contributed by atoms with Crippen molar-refractivity contribution in [3.05, 3.63) is 0 Å². The van der Waals surface area contributed by atoms with Crippen LogP contribution in [0.4, 0.5) is 4.79 Å². The third-order valence-electron chi connectivity index (χ3n) is 2.05. The van der Waals surface area contributed by atoms with Crippen molar-refractivity contribution in [1.29, 1.82) is 0 Å². The summed E-state index contributed by atoms with van der Waals surface area (Å²) in [4.78, 5) is 22.2. The monoisotopic (exact) mass is 265 g/mol. The molecular weight excluding hydrogens is 250 g/mol. The molecule has 17 heavy (non-hydrogen) atoms. The molecule has 1 rings (SSSR count). The molecule has 0 aliphatic carbocycles. The van der Waals surface area contributed by atoms with Crippen molar-refractivity contribution in [1.82, 2.24) is 14.3 Å². The predicted octanol–water partition coefficient (Wildman–Crippen LogP) is -1.20. The molecule has 1 aliphatic heterocycles. The minimum atomic E-state index is -4.01. The largest absolute Gasteiger partial charge is 0.449 e. The lowest BCUT2D eigenvalue weighted by molar-refractivity contribution is -0.120. The maximum Gasteiger partial charge on any atom is 0.421 e. The van der Waals surface area contributed by atoms with E-state index in [9.17, 15) is 18.0 Å². The second-order valence-corrected chi connectivity index (χ2v) is 5.04. The molecule has 1 heterocycles. The Morgan fingerprint density at radius 3 is 2.94 bits per heavy atom. The molecule has 9 heteroatoms. The average molecular weight is 265 g/mol. The van der Waals surface area contributed by atoms with Crippen LogP contribution in [0.25, 0.3) is 0 Å². The molecule has 1 fully saturated rings. The van der Waals surface area contributed by atoms with Gasteiger partial charge in [0.1, 0.15) is 0 Å². The fourth-order valence-corrected chi connectivity index (χ4v) is 2.37. The molecule has 0 atom stereocenters. The summed E-state index contributed by atoms with van der Waals surface area (Å²) in [7, 11) is -4.01. The number of carbonyl (C=O) groups excluding carboxylic acids is 2. The van der Waals surface area contributed by atoms with Gasteiger partial charge in [-0.2, -0.15) is 12.7 Å². The van der Waals surface area contributed by atoms with E-state index in [1.54, 1.807) is 11.6 Å². The third kappa shape index (κ3) is 4.19. The van der Waals surface area contributed by atoms with Crippen molar-refractivity contribution in [2.24, 2.45) is 0 Å². The zero-order valence-electron chi connectivity index (χ0n) is 9.43. The van der Waals surface area contributed by atoms with Crippen molar-refractivity contribution >= 4 is 22.2 Å². The summed E-state index contributed by atoms with van der Waals surface area (Å²) in [6, 6.07) is 0. The lowest BCUT2D eigenvalue weighted by Crippen LogP contribution is -2.46. The number of nitrogens with zero attached hydrogens (tertiary/aromatic N) is 1. The van der Waals surface area contributed by atoms with Crippen LogP contribution >= 0.6 is 0 Å². The molecule has 8 nitrogen and oxygen atoms in total. The maximum atomic E-state index is 11.7. The lowest BCUT2D eigenvalue weighted by Gasteiger charge is -2.18. The standard InChI is InChI=1S/C8H15N3O5S/c1-2-16-8(13)10-17(14,15)11-5-3-4-9-7(12)6-11/h2-6H2,1H3,(H,9,12)(H,10,13). The van der Waals surface area contributed by atoms with Gasteiger partial charge < -0.3 is 10.1 Å². The molecule has 2 amide bonds. The summed E-state index contributed by atoms with van der Waals surface area (Å²) < 4.78 is 30.5. The lowest BCUT2D eigenvalue weighted by atomic mass is 10.4.